The van der Waals surface area contributed by atoms with Crippen LogP contribution in [-0.4, -0.2) is 58.0 Å². The molecule has 11 heteroatoms. The number of carbonyl (C=O) groups excluding carboxylic acids is 2. The first-order valence-electron chi connectivity index (χ1n) is 13.8. The number of amides is 2. The average Bonchev–Trinajstić information content (AvgIpc) is 3.52. The van der Waals surface area contributed by atoms with E-state index in [0.717, 1.165) is 35.6 Å². The van der Waals surface area contributed by atoms with E-state index in [2.05, 4.69) is 5.32 Å². The molecule has 1 aliphatic carbocycles. The Labute approximate surface area is 252 Å². The van der Waals surface area contributed by atoms with E-state index in [1.54, 1.807) is 61.5 Å². The fraction of sp³-hybridized carbons (Fsp3) is 0.355. The Bertz CT molecular complexity index is 1480. The summed E-state index contributed by atoms with van der Waals surface area (Å²) >= 11 is 6.08. The Hall–Kier alpha value is -3.76. The van der Waals surface area contributed by atoms with Gasteiger partial charge >= 0.3 is 0 Å². The predicted octanol–water partition coefficient (Wildman–Crippen LogP) is 5.03. The van der Waals surface area contributed by atoms with Crippen LogP contribution in [0.1, 0.15) is 38.2 Å². The molecule has 0 aliphatic heterocycles. The fourth-order valence-electron chi connectivity index (χ4n) is 4.99. The summed E-state index contributed by atoms with van der Waals surface area (Å²) in [5, 5.41) is 3.60. The molecular formula is C31H36ClN3O6S. The molecule has 3 aromatic rings. The monoisotopic (exact) mass is 613 g/mol. The predicted molar refractivity (Wildman–Crippen MR) is 162 cm³/mol. The van der Waals surface area contributed by atoms with Crippen molar-refractivity contribution in [2.75, 3.05) is 25.1 Å². The smallest absolute Gasteiger partial charge is 0.264 e. The van der Waals surface area contributed by atoms with Gasteiger partial charge in [-0.3, -0.25) is 13.9 Å². The second kappa shape index (κ2) is 13.9. The van der Waals surface area contributed by atoms with E-state index in [0.29, 0.717) is 10.8 Å². The summed E-state index contributed by atoms with van der Waals surface area (Å²) in [6.07, 6.45) is 3.87. The molecule has 0 unspecified atom stereocenters. The lowest BCUT2D eigenvalue weighted by Crippen LogP contribution is -2.52. The molecule has 0 heterocycles. The zero-order chi connectivity index (χ0) is 30.3. The molecule has 3 aromatic carbocycles. The largest absolute Gasteiger partial charge is 0.497 e. The van der Waals surface area contributed by atoms with Crippen LogP contribution in [0.5, 0.6) is 11.5 Å². The number of anilines is 1. The van der Waals surface area contributed by atoms with Crippen LogP contribution in [-0.2, 0) is 26.2 Å². The number of halogens is 1. The zero-order valence-electron chi connectivity index (χ0n) is 24.0. The van der Waals surface area contributed by atoms with E-state index >= 15 is 0 Å². The van der Waals surface area contributed by atoms with Gasteiger partial charge in [-0.2, -0.15) is 0 Å². The molecule has 1 fully saturated rings. The average molecular weight is 614 g/mol. The fourth-order valence-corrected chi connectivity index (χ4v) is 6.55. The lowest BCUT2D eigenvalue weighted by atomic mass is 10.1. The highest BCUT2D eigenvalue weighted by molar-refractivity contribution is 7.92. The first kappa shape index (κ1) is 31.2. The van der Waals surface area contributed by atoms with Gasteiger partial charge in [0.05, 0.1) is 24.8 Å². The number of carbonyl (C=O) groups is 2. The van der Waals surface area contributed by atoms with Gasteiger partial charge in [0.15, 0.2) is 0 Å². The van der Waals surface area contributed by atoms with Crippen LogP contribution in [0.4, 0.5) is 5.69 Å². The van der Waals surface area contributed by atoms with Crippen molar-refractivity contribution in [1.29, 1.82) is 0 Å². The molecule has 1 saturated carbocycles. The molecule has 0 aromatic heterocycles. The summed E-state index contributed by atoms with van der Waals surface area (Å²) in [6.45, 7) is 1.14. The number of sulfonamides is 1. The highest BCUT2D eigenvalue weighted by Crippen LogP contribution is 2.36. The number of benzene rings is 3. The van der Waals surface area contributed by atoms with E-state index < -0.39 is 28.5 Å². The van der Waals surface area contributed by atoms with E-state index in [1.807, 2.05) is 0 Å². The second-order valence-electron chi connectivity index (χ2n) is 10.2. The molecule has 224 valence electrons. The minimum absolute atomic E-state index is 0.000973. The lowest BCUT2D eigenvalue weighted by molar-refractivity contribution is -0.139. The Balaban J connectivity index is 1.74. The van der Waals surface area contributed by atoms with Crippen molar-refractivity contribution in [1.82, 2.24) is 10.2 Å². The summed E-state index contributed by atoms with van der Waals surface area (Å²) in [5.74, 6) is -0.239. The molecule has 0 radical (unpaired) electrons. The van der Waals surface area contributed by atoms with E-state index in [1.165, 1.54) is 37.3 Å². The van der Waals surface area contributed by atoms with Crippen LogP contribution >= 0.6 is 11.6 Å². The van der Waals surface area contributed by atoms with Crippen molar-refractivity contribution in [2.45, 2.75) is 56.1 Å². The third kappa shape index (κ3) is 7.35. The van der Waals surface area contributed by atoms with E-state index in [-0.39, 0.29) is 34.8 Å². The summed E-state index contributed by atoms with van der Waals surface area (Å²) < 4.78 is 40.0. The second-order valence-corrected chi connectivity index (χ2v) is 12.5. The Morgan fingerprint density at radius 2 is 1.64 bits per heavy atom. The van der Waals surface area contributed by atoms with Crippen molar-refractivity contribution in [3.8, 4) is 11.5 Å². The topological polar surface area (TPSA) is 105 Å². The Kier molecular flexibility index (Phi) is 10.3. The van der Waals surface area contributed by atoms with Crippen LogP contribution in [0.2, 0.25) is 5.02 Å². The van der Waals surface area contributed by atoms with Crippen LogP contribution in [0, 0.1) is 0 Å². The first-order chi connectivity index (χ1) is 20.1. The molecule has 0 bridgehead atoms. The van der Waals surface area contributed by atoms with Crippen molar-refractivity contribution in [2.24, 2.45) is 0 Å². The summed E-state index contributed by atoms with van der Waals surface area (Å²) in [6, 6.07) is 18.7. The standard InChI is InChI=1S/C31H36ClN3O6S/c1-22(31(37)33-25-9-7-8-10-25)34(20-23-13-15-24(32)16-14-23)30(36)21-35(42(38,39)27-11-5-4-6-12-27)28-19-26(40-2)17-18-29(28)41-3/h4-6,11-19,22,25H,7-10,20-21H2,1-3H3,(H,33,37)/t22-/m1/s1. The number of nitrogens with zero attached hydrogens (tertiary/aromatic N) is 2. The molecule has 4 rings (SSSR count). The third-order valence-electron chi connectivity index (χ3n) is 7.40. The molecular weight excluding hydrogens is 578 g/mol. The van der Waals surface area contributed by atoms with E-state index in [9.17, 15) is 18.0 Å². The van der Waals surface area contributed by atoms with Crippen molar-refractivity contribution >= 4 is 39.1 Å². The van der Waals surface area contributed by atoms with Gasteiger partial charge in [-0.15, -0.1) is 0 Å². The minimum atomic E-state index is -4.25. The number of methoxy groups -OCH3 is 2. The van der Waals surface area contributed by atoms with Gasteiger partial charge in [-0.25, -0.2) is 8.42 Å². The van der Waals surface area contributed by atoms with Crippen molar-refractivity contribution in [3.05, 3.63) is 83.4 Å². The highest BCUT2D eigenvalue weighted by atomic mass is 35.5. The van der Waals surface area contributed by atoms with Gasteiger partial charge in [-0.1, -0.05) is 54.8 Å². The molecule has 1 atom stereocenters. The van der Waals surface area contributed by atoms with Crippen molar-refractivity contribution < 1.29 is 27.5 Å². The van der Waals surface area contributed by atoms with E-state index in [4.69, 9.17) is 21.1 Å². The summed E-state index contributed by atoms with van der Waals surface area (Å²) in [5.41, 5.74) is 0.869. The third-order valence-corrected chi connectivity index (χ3v) is 9.43. The lowest BCUT2D eigenvalue weighted by Gasteiger charge is -2.33. The van der Waals surface area contributed by atoms with Gasteiger partial charge < -0.3 is 19.7 Å². The molecule has 9 nitrogen and oxygen atoms in total. The quantitative estimate of drug-likeness (QED) is 0.307. The van der Waals surface area contributed by atoms with Gasteiger partial charge in [0.1, 0.15) is 24.1 Å². The summed E-state index contributed by atoms with van der Waals surface area (Å²) in [4.78, 5) is 28.9. The molecule has 42 heavy (non-hydrogen) atoms. The van der Waals surface area contributed by atoms with Gasteiger partial charge in [0, 0.05) is 23.7 Å². The maximum Gasteiger partial charge on any atom is 0.264 e. The van der Waals surface area contributed by atoms with Crippen LogP contribution in [0.25, 0.3) is 0 Å². The number of nitrogens with one attached hydrogen (secondary N) is 1. The molecule has 2 amide bonds. The normalized spacial score (nSPS) is 14.2. The Morgan fingerprint density at radius 3 is 2.26 bits per heavy atom. The SMILES string of the molecule is COc1ccc(OC)c(N(CC(=O)N(Cc2ccc(Cl)cc2)[C@H](C)C(=O)NC2CCCC2)S(=O)(=O)c2ccccc2)c1. The van der Waals surface area contributed by atoms with Gasteiger partial charge in [0.25, 0.3) is 10.0 Å². The highest BCUT2D eigenvalue weighted by Gasteiger charge is 2.34. The number of rotatable bonds is 12. The molecule has 1 N–H and O–H groups in total. The van der Waals surface area contributed by atoms with Crippen LogP contribution < -0.4 is 19.1 Å². The number of hydrogen-bond donors (Lipinski definition) is 1. The minimum Gasteiger partial charge on any atom is -0.497 e. The van der Waals surface area contributed by atoms with Crippen LogP contribution in [0.3, 0.4) is 0 Å². The first-order valence-corrected chi connectivity index (χ1v) is 15.6. The maximum atomic E-state index is 14.2. The molecule has 0 saturated heterocycles. The molecule has 0 spiro atoms. The summed E-state index contributed by atoms with van der Waals surface area (Å²) in [7, 11) is -1.37. The zero-order valence-corrected chi connectivity index (χ0v) is 25.5. The number of ether oxygens (including phenoxy) is 2. The van der Waals surface area contributed by atoms with Crippen molar-refractivity contribution in [3.63, 3.8) is 0 Å². The van der Waals surface area contributed by atoms with Gasteiger partial charge in [-0.05, 0) is 61.7 Å². The number of hydrogen-bond acceptors (Lipinski definition) is 6. The van der Waals surface area contributed by atoms with Crippen LogP contribution in [0.15, 0.2) is 77.7 Å². The maximum absolute atomic E-state index is 14.2. The van der Waals surface area contributed by atoms with Gasteiger partial charge in [0.2, 0.25) is 11.8 Å². The molecule has 1 aliphatic rings. The Morgan fingerprint density at radius 1 is 0.976 bits per heavy atom.